The van der Waals surface area contributed by atoms with Gasteiger partial charge in [0, 0.05) is 5.56 Å². The minimum Gasteiger partial charge on any atom is -0.505 e. The Morgan fingerprint density at radius 1 is 0.962 bits per heavy atom. The molecule has 0 aromatic heterocycles. The zero-order valence-electron chi connectivity index (χ0n) is 13.4. The van der Waals surface area contributed by atoms with Crippen molar-refractivity contribution in [3.63, 3.8) is 0 Å². The average molecular weight is 341 g/mol. The van der Waals surface area contributed by atoms with Crippen molar-refractivity contribution in [2.45, 2.75) is 0 Å². The molecule has 0 aliphatic rings. The van der Waals surface area contributed by atoms with Crippen molar-refractivity contribution in [1.29, 1.82) is 15.8 Å². The Kier molecular flexibility index (Phi) is 5.93. The molecule has 0 unspecified atom stereocenters. The SMILES string of the molecule is N#Cc1ccccc1N=N/C(C(=O)C(C#N)C#N)=C(/O)c1ccccc1. The van der Waals surface area contributed by atoms with Crippen LogP contribution in [0.4, 0.5) is 5.69 Å². The molecular weight excluding hydrogens is 330 g/mol. The quantitative estimate of drug-likeness (QED) is 0.501. The van der Waals surface area contributed by atoms with Crippen LogP contribution in [0, 0.1) is 39.9 Å². The molecule has 0 amide bonds. The summed E-state index contributed by atoms with van der Waals surface area (Å²) in [5.41, 5.74) is 0.154. The molecule has 26 heavy (non-hydrogen) atoms. The number of hydrogen-bond donors (Lipinski definition) is 1. The van der Waals surface area contributed by atoms with Crippen molar-refractivity contribution < 1.29 is 9.90 Å². The summed E-state index contributed by atoms with van der Waals surface area (Å²) in [7, 11) is 0. The third kappa shape index (κ3) is 3.97. The Hall–Kier alpha value is -4.28. The highest BCUT2D eigenvalue weighted by atomic mass is 16.3. The summed E-state index contributed by atoms with van der Waals surface area (Å²) in [6.07, 6.45) is 0. The van der Waals surface area contributed by atoms with Crippen LogP contribution < -0.4 is 0 Å². The Morgan fingerprint density at radius 2 is 1.58 bits per heavy atom. The molecule has 124 valence electrons. The second kappa shape index (κ2) is 8.54. The molecule has 0 heterocycles. The minimum absolute atomic E-state index is 0.187. The lowest BCUT2D eigenvalue weighted by molar-refractivity contribution is -0.116. The van der Waals surface area contributed by atoms with Gasteiger partial charge in [-0.25, -0.2) is 0 Å². The predicted molar refractivity (Wildman–Crippen MR) is 91.4 cm³/mol. The number of aliphatic hydroxyl groups is 1. The first-order valence-corrected chi connectivity index (χ1v) is 7.35. The summed E-state index contributed by atoms with van der Waals surface area (Å²) in [6.45, 7) is 0. The lowest BCUT2D eigenvalue weighted by Crippen LogP contribution is -2.13. The minimum atomic E-state index is -1.64. The second-order valence-electron chi connectivity index (χ2n) is 4.95. The molecule has 1 N–H and O–H groups in total. The van der Waals surface area contributed by atoms with Crippen molar-refractivity contribution in [1.82, 2.24) is 0 Å². The summed E-state index contributed by atoms with van der Waals surface area (Å²) in [5, 5.41) is 45.0. The summed E-state index contributed by atoms with van der Waals surface area (Å²) in [4.78, 5) is 12.4. The zero-order chi connectivity index (χ0) is 18.9. The van der Waals surface area contributed by atoms with Crippen LogP contribution in [-0.2, 0) is 4.79 Å². The number of carbonyl (C=O) groups excluding carboxylic acids is 1. The summed E-state index contributed by atoms with van der Waals surface area (Å²) < 4.78 is 0. The Balaban J connectivity index is 2.57. The molecule has 0 saturated carbocycles. The lowest BCUT2D eigenvalue weighted by Gasteiger charge is -2.06. The molecule has 0 bridgehead atoms. The van der Waals surface area contributed by atoms with Gasteiger partial charge in [0.1, 0.15) is 11.8 Å². The largest absolute Gasteiger partial charge is 0.505 e. The second-order valence-corrected chi connectivity index (χ2v) is 4.95. The fraction of sp³-hybridized carbons (Fsp3) is 0.0526. The summed E-state index contributed by atoms with van der Waals surface area (Å²) >= 11 is 0. The molecule has 0 radical (unpaired) electrons. The van der Waals surface area contributed by atoms with E-state index in [0.29, 0.717) is 0 Å². The molecule has 7 nitrogen and oxygen atoms in total. The maximum atomic E-state index is 12.4. The normalized spacial score (nSPS) is 11.3. The zero-order valence-corrected chi connectivity index (χ0v) is 13.4. The first-order valence-electron chi connectivity index (χ1n) is 7.35. The highest BCUT2D eigenvalue weighted by Crippen LogP contribution is 2.24. The highest BCUT2D eigenvalue weighted by Gasteiger charge is 2.26. The number of allylic oxidation sites excluding steroid dienone is 1. The monoisotopic (exact) mass is 341 g/mol. The number of nitrogens with zero attached hydrogens (tertiary/aromatic N) is 5. The molecule has 0 atom stereocenters. The summed E-state index contributed by atoms with van der Waals surface area (Å²) in [5.74, 6) is -3.13. The molecule has 0 aliphatic heterocycles. The van der Waals surface area contributed by atoms with Crippen LogP contribution in [0.2, 0.25) is 0 Å². The van der Waals surface area contributed by atoms with Gasteiger partial charge in [-0.15, -0.1) is 10.2 Å². The molecule has 2 rings (SSSR count). The van der Waals surface area contributed by atoms with E-state index in [1.165, 1.54) is 24.3 Å². The Labute approximate surface area is 149 Å². The number of ketones is 1. The lowest BCUT2D eigenvalue weighted by atomic mass is 10.0. The van der Waals surface area contributed by atoms with E-state index in [2.05, 4.69) is 10.2 Å². The van der Waals surface area contributed by atoms with E-state index in [9.17, 15) is 9.90 Å². The molecule has 2 aromatic rings. The number of rotatable bonds is 5. The van der Waals surface area contributed by atoms with Gasteiger partial charge in [0.2, 0.25) is 5.78 Å². The Bertz CT molecular complexity index is 991. The highest BCUT2D eigenvalue weighted by molar-refractivity contribution is 6.04. The molecule has 0 aliphatic carbocycles. The number of benzene rings is 2. The van der Waals surface area contributed by atoms with Gasteiger partial charge in [0.25, 0.3) is 0 Å². The fourth-order valence-electron chi connectivity index (χ4n) is 1.99. The van der Waals surface area contributed by atoms with Gasteiger partial charge in [-0.05, 0) is 12.1 Å². The van der Waals surface area contributed by atoms with Gasteiger partial charge in [-0.3, -0.25) is 4.79 Å². The summed E-state index contributed by atoms with van der Waals surface area (Å²) in [6, 6.07) is 19.4. The van der Waals surface area contributed by atoms with E-state index in [1.807, 2.05) is 6.07 Å². The first kappa shape index (κ1) is 18.1. The van der Waals surface area contributed by atoms with E-state index in [0.717, 1.165) is 0 Å². The fourth-order valence-corrected chi connectivity index (χ4v) is 1.99. The predicted octanol–water partition coefficient (Wildman–Crippen LogP) is 3.80. The van der Waals surface area contributed by atoms with Crippen LogP contribution in [0.15, 0.2) is 70.5 Å². The molecule has 0 spiro atoms. The van der Waals surface area contributed by atoms with Crippen molar-refractivity contribution in [3.05, 3.63) is 71.4 Å². The van der Waals surface area contributed by atoms with Crippen LogP contribution in [0.3, 0.4) is 0 Å². The number of carbonyl (C=O) groups is 1. The van der Waals surface area contributed by atoms with Crippen LogP contribution >= 0.6 is 0 Å². The molecular formula is C19H11N5O2. The van der Waals surface area contributed by atoms with Crippen LogP contribution in [0.5, 0.6) is 0 Å². The molecule has 2 aromatic carbocycles. The number of hydrogen-bond acceptors (Lipinski definition) is 7. The van der Waals surface area contributed by atoms with Crippen molar-refractivity contribution in [2.75, 3.05) is 0 Å². The van der Waals surface area contributed by atoms with Gasteiger partial charge >= 0.3 is 0 Å². The van der Waals surface area contributed by atoms with Gasteiger partial charge in [-0.2, -0.15) is 15.8 Å². The average Bonchev–Trinajstić information content (AvgIpc) is 2.70. The maximum Gasteiger partial charge on any atom is 0.218 e. The molecule has 0 fully saturated rings. The van der Waals surface area contributed by atoms with Crippen LogP contribution in [0.25, 0.3) is 5.76 Å². The Morgan fingerprint density at radius 3 is 2.19 bits per heavy atom. The van der Waals surface area contributed by atoms with Gasteiger partial charge in [-0.1, -0.05) is 42.5 Å². The van der Waals surface area contributed by atoms with Gasteiger partial charge in [0.05, 0.1) is 17.7 Å². The van der Waals surface area contributed by atoms with Gasteiger partial charge in [0.15, 0.2) is 17.4 Å². The number of azo groups is 1. The molecule has 7 heteroatoms. The van der Waals surface area contributed by atoms with E-state index >= 15 is 0 Å². The van der Waals surface area contributed by atoms with E-state index < -0.39 is 23.2 Å². The smallest absolute Gasteiger partial charge is 0.218 e. The maximum absolute atomic E-state index is 12.4. The van der Waals surface area contributed by atoms with Crippen molar-refractivity contribution in [2.24, 2.45) is 16.1 Å². The molecule has 0 saturated heterocycles. The van der Waals surface area contributed by atoms with Gasteiger partial charge < -0.3 is 5.11 Å². The van der Waals surface area contributed by atoms with Crippen molar-refractivity contribution >= 4 is 17.2 Å². The third-order valence-corrected chi connectivity index (χ3v) is 3.31. The van der Waals surface area contributed by atoms with Crippen LogP contribution in [-0.4, -0.2) is 10.9 Å². The topological polar surface area (TPSA) is 133 Å². The van der Waals surface area contributed by atoms with E-state index in [1.54, 1.807) is 42.5 Å². The van der Waals surface area contributed by atoms with Crippen LogP contribution in [0.1, 0.15) is 11.1 Å². The third-order valence-electron chi connectivity index (χ3n) is 3.31. The number of Topliss-reactive ketones (excluding diaryl/α,β-unsaturated/α-hetero) is 1. The number of nitriles is 3. The number of aliphatic hydroxyl groups excluding tert-OH is 1. The van der Waals surface area contributed by atoms with Crippen molar-refractivity contribution in [3.8, 4) is 18.2 Å². The standard InChI is InChI=1S/C19H11N5O2/c20-10-14-8-4-5-9-16(14)23-24-17(19(26)15(11-21)12-22)18(25)13-6-2-1-3-7-13/h1-9,15,25H/b18-17+,24-23?. The first-order chi connectivity index (χ1) is 12.6. The van der Waals surface area contributed by atoms with E-state index in [4.69, 9.17) is 15.8 Å². The van der Waals surface area contributed by atoms with E-state index in [-0.39, 0.29) is 16.8 Å².